The Morgan fingerprint density at radius 3 is 2.61 bits per heavy atom. The normalized spacial score (nSPS) is 20.6. The second-order valence-corrected chi connectivity index (χ2v) is 9.97. The molecule has 0 saturated carbocycles. The van der Waals surface area contributed by atoms with E-state index >= 15 is 0 Å². The van der Waals surface area contributed by atoms with E-state index in [4.69, 9.17) is 14.7 Å². The molecule has 1 spiro atoms. The number of aromatic nitrogens is 2. The number of aryl methyl sites for hydroxylation is 1. The zero-order chi connectivity index (χ0) is 22.7. The van der Waals surface area contributed by atoms with Crippen LogP contribution in [-0.4, -0.2) is 55.1 Å². The number of carbonyl (C=O) groups excluding carboxylic acids is 1. The van der Waals surface area contributed by atoms with Gasteiger partial charge in [-0.1, -0.05) is 18.2 Å². The minimum atomic E-state index is -0.312. The molecule has 5 heterocycles. The van der Waals surface area contributed by atoms with Gasteiger partial charge in [0.05, 0.1) is 16.1 Å². The molecule has 9 heteroatoms. The maximum Gasteiger partial charge on any atom is 0.319 e. The van der Waals surface area contributed by atoms with Crippen molar-refractivity contribution in [2.75, 3.05) is 54.6 Å². The predicted octanol–water partition coefficient (Wildman–Crippen LogP) is 3.98. The second-order valence-electron chi connectivity index (χ2n) is 8.86. The van der Waals surface area contributed by atoms with Gasteiger partial charge in [0, 0.05) is 56.8 Å². The lowest BCUT2D eigenvalue weighted by molar-refractivity contribution is 0.0968. The topological polar surface area (TPSA) is 91.4 Å². The van der Waals surface area contributed by atoms with Crippen LogP contribution in [0.15, 0.2) is 29.2 Å². The molecule has 0 unspecified atom stereocenters. The molecular weight excluding hydrogens is 436 g/mol. The van der Waals surface area contributed by atoms with E-state index in [2.05, 4.69) is 26.9 Å². The Morgan fingerprint density at radius 1 is 1.12 bits per heavy atom. The molecule has 1 aromatic heterocycles. The van der Waals surface area contributed by atoms with Crippen LogP contribution in [0.5, 0.6) is 0 Å². The molecule has 0 bridgehead atoms. The average molecular weight is 469 g/mol. The number of anilines is 3. The highest BCUT2D eigenvalue weighted by Gasteiger charge is 2.42. The molecule has 6 rings (SSSR count). The van der Waals surface area contributed by atoms with Crippen molar-refractivity contribution >= 4 is 35.2 Å². The molecule has 4 aliphatic heterocycles. The van der Waals surface area contributed by atoms with Crippen molar-refractivity contribution in [2.24, 2.45) is 0 Å². The minimum absolute atomic E-state index is 0.120. The average Bonchev–Trinajstić information content (AvgIpc) is 3.34. The molecule has 2 aromatic rings. The van der Waals surface area contributed by atoms with Gasteiger partial charge in [-0.25, -0.2) is 9.78 Å². The number of benzene rings is 1. The zero-order valence-corrected chi connectivity index (χ0v) is 20.0. The first-order valence-electron chi connectivity index (χ1n) is 11.9. The van der Waals surface area contributed by atoms with Crippen LogP contribution in [0.3, 0.4) is 0 Å². The van der Waals surface area contributed by atoms with E-state index in [1.807, 2.05) is 37.0 Å². The van der Waals surface area contributed by atoms with Gasteiger partial charge in [-0.3, -0.25) is 0 Å². The lowest BCUT2D eigenvalue weighted by Crippen LogP contribution is -2.57. The summed E-state index contributed by atoms with van der Waals surface area (Å²) in [5.41, 5.74) is 2.92. The van der Waals surface area contributed by atoms with E-state index in [0.29, 0.717) is 0 Å². The number of hydrogen-bond donors (Lipinski definition) is 3. The highest BCUT2D eigenvalue weighted by atomic mass is 32.2. The minimum Gasteiger partial charge on any atom is -0.381 e. The molecule has 3 N–H and O–H groups in total. The van der Waals surface area contributed by atoms with E-state index in [1.54, 1.807) is 0 Å². The number of carbonyl (C=O) groups is 1. The Bertz CT molecular complexity index is 993. The van der Waals surface area contributed by atoms with Crippen molar-refractivity contribution in [3.63, 3.8) is 0 Å². The van der Waals surface area contributed by atoms with Crippen LogP contribution in [0, 0.1) is 0 Å². The first-order chi connectivity index (χ1) is 16.2. The van der Waals surface area contributed by atoms with Crippen LogP contribution in [-0.2, 0) is 16.7 Å². The smallest absolute Gasteiger partial charge is 0.319 e. The first kappa shape index (κ1) is 22.3. The molecule has 2 amide bonds. The second kappa shape index (κ2) is 9.77. The molecule has 1 aromatic carbocycles. The number of amides is 2. The summed E-state index contributed by atoms with van der Waals surface area (Å²) in [6.07, 6.45) is 6.60. The third-order valence-electron chi connectivity index (χ3n) is 6.77. The SMILES string of the molecule is C1CCOCC1.CNc1nc(N2CCC3(CC2)NC(=O)Nc2ccccc23)nc2c1SCC2. The fourth-order valence-electron chi connectivity index (χ4n) is 4.98. The zero-order valence-electron chi connectivity index (χ0n) is 19.2. The van der Waals surface area contributed by atoms with Gasteiger partial charge in [0.25, 0.3) is 0 Å². The molecule has 4 aliphatic rings. The number of rotatable bonds is 2. The van der Waals surface area contributed by atoms with Gasteiger partial charge in [0.1, 0.15) is 5.82 Å². The van der Waals surface area contributed by atoms with Gasteiger partial charge in [0.15, 0.2) is 0 Å². The Hall–Kier alpha value is -2.52. The monoisotopic (exact) mass is 468 g/mol. The van der Waals surface area contributed by atoms with Crippen LogP contribution in [0.1, 0.15) is 43.4 Å². The van der Waals surface area contributed by atoms with E-state index in [1.165, 1.54) is 29.7 Å². The summed E-state index contributed by atoms with van der Waals surface area (Å²) in [6, 6.07) is 7.96. The number of para-hydroxylation sites is 1. The fraction of sp³-hybridized carbons (Fsp3) is 0.542. The Balaban J connectivity index is 0.000000332. The number of hydrogen-bond acceptors (Lipinski definition) is 7. The number of urea groups is 1. The number of thioether (sulfide) groups is 1. The summed E-state index contributed by atoms with van der Waals surface area (Å²) >= 11 is 1.82. The molecule has 0 atom stereocenters. The standard InChI is InChI=1S/C19H22N6OS.C5H10O/c1-20-16-15-14(6-11-27-15)21-17(23-16)25-9-7-19(8-10-25)12-4-2-3-5-13(12)22-18(26)24-19;1-2-4-6-5-3-1/h2-5H,6-11H2,1H3,(H,20,21,23)(H2,22,24,26);1-5H2. The summed E-state index contributed by atoms with van der Waals surface area (Å²) in [5.74, 6) is 2.79. The largest absolute Gasteiger partial charge is 0.381 e. The van der Waals surface area contributed by atoms with Crippen molar-refractivity contribution < 1.29 is 9.53 Å². The van der Waals surface area contributed by atoms with Crippen LogP contribution >= 0.6 is 11.8 Å². The van der Waals surface area contributed by atoms with Crippen LogP contribution < -0.4 is 20.9 Å². The molecule has 0 aliphatic carbocycles. The molecular formula is C24H32N6O2S. The van der Waals surface area contributed by atoms with Gasteiger partial charge in [-0.05, 0) is 38.2 Å². The van der Waals surface area contributed by atoms with Gasteiger partial charge in [0.2, 0.25) is 5.95 Å². The molecule has 0 radical (unpaired) electrons. The fourth-order valence-corrected chi connectivity index (χ4v) is 6.08. The molecule has 8 nitrogen and oxygen atoms in total. The molecule has 2 fully saturated rings. The highest BCUT2D eigenvalue weighted by molar-refractivity contribution is 7.99. The van der Waals surface area contributed by atoms with Crippen LogP contribution in [0.25, 0.3) is 0 Å². The van der Waals surface area contributed by atoms with Crippen molar-refractivity contribution in [3.05, 3.63) is 35.5 Å². The predicted molar refractivity (Wildman–Crippen MR) is 132 cm³/mol. The molecule has 2 saturated heterocycles. The van der Waals surface area contributed by atoms with E-state index in [9.17, 15) is 4.79 Å². The number of piperidine rings is 1. The number of fused-ring (bicyclic) bond motifs is 3. The Labute approximate surface area is 199 Å². The number of nitrogens with zero attached hydrogens (tertiary/aromatic N) is 3. The lowest BCUT2D eigenvalue weighted by Gasteiger charge is -2.45. The van der Waals surface area contributed by atoms with Gasteiger partial charge < -0.3 is 25.6 Å². The quantitative estimate of drug-likeness (QED) is 0.614. The third-order valence-corrected chi connectivity index (χ3v) is 7.89. The summed E-state index contributed by atoms with van der Waals surface area (Å²) < 4.78 is 5.07. The van der Waals surface area contributed by atoms with Crippen molar-refractivity contribution in [2.45, 2.75) is 49.0 Å². The van der Waals surface area contributed by atoms with Crippen LogP contribution in [0.4, 0.5) is 22.2 Å². The van der Waals surface area contributed by atoms with Gasteiger partial charge >= 0.3 is 6.03 Å². The third kappa shape index (κ3) is 4.61. The Kier molecular flexibility index (Phi) is 6.59. The summed E-state index contributed by atoms with van der Waals surface area (Å²) in [5, 5.41) is 9.33. The first-order valence-corrected chi connectivity index (χ1v) is 12.9. The molecule has 176 valence electrons. The van der Waals surface area contributed by atoms with E-state index < -0.39 is 0 Å². The Morgan fingerprint density at radius 2 is 1.91 bits per heavy atom. The lowest BCUT2D eigenvalue weighted by atomic mass is 9.79. The van der Waals surface area contributed by atoms with Gasteiger partial charge in [-0.15, -0.1) is 11.8 Å². The van der Waals surface area contributed by atoms with E-state index in [0.717, 1.165) is 74.5 Å². The van der Waals surface area contributed by atoms with Crippen LogP contribution in [0.2, 0.25) is 0 Å². The van der Waals surface area contributed by atoms with Gasteiger partial charge in [-0.2, -0.15) is 4.98 Å². The van der Waals surface area contributed by atoms with E-state index in [-0.39, 0.29) is 11.6 Å². The number of nitrogens with one attached hydrogen (secondary N) is 3. The summed E-state index contributed by atoms with van der Waals surface area (Å²) in [4.78, 5) is 25.2. The summed E-state index contributed by atoms with van der Waals surface area (Å²) in [6.45, 7) is 3.62. The number of ether oxygens (including phenoxy) is 1. The molecule has 33 heavy (non-hydrogen) atoms. The summed E-state index contributed by atoms with van der Waals surface area (Å²) in [7, 11) is 1.91. The van der Waals surface area contributed by atoms with Crippen molar-refractivity contribution in [3.8, 4) is 0 Å². The van der Waals surface area contributed by atoms with Crippen molar-refractivity contribution in [1.29, 1.82) is 0 Å². The highest BCUT2D eigenvalue weighted by Crippen LogP contribution is 2.41. The van der Waals surface area contributed by atoms with Crippen molar-refractivity contribution in [1.82, 2.24) is 15.3 Å². The maximum atomic E-state index is 12.2. The maximum absolute atomic E-state index is 12.2.